The van der Waals surface area contributed by atoms with Gasteiger partial charge in [0.25, 0.3) is 0 Å². The summed E-state index contributed by atoms with van der Waals surface area (Å²) in [5, 5.41) is 6.02. The van der Waals surface area contributed by atoms with Crippen LogP contribution in [-0.4, -0.2) is 23.1 Å². The van der Waals surface area contributed by atoms with Crippen molar-refractivity contribution in [2.45, 2.75) is 34.6 Å². The fourth-order valence-corrected chi connectivity index (χ4v) is 1.29. The van der Waals surface area contributed by atoms with Gasteiger partial charge in [-0.1, -0.05) is 27.7 Å². The van der Waals surface area contributed by atoms with Crippen LogP contribution >= 0.6 is 0 Å². The van der Waals surface area contributed by atoms with Gasteiger partial charge in [0.15, 0.2) is 11.6 Å². The summed E-state index contributed by atoms with van der Waals surface area (Å²) in [6, 6.07) is 0. The van der Waals surface area contributed by atoms with Crippen LogP contribution in [0, 0.1) is 17.2 Å². The summed E-state index contributed by atoms with van der Waals surface area (Å²) in [5.41, 5.74) is 0.182. The lowest BCUT2D eigenvalue weighted by Crippen LogP contribution is -2.25. The topological polar surface area (TPSA) is 49.8 Å². The van der Waals surface area contributed by atoms with Crippen molar-refractivity contribution < 1.29 is 4.39 Å². The molecular weight excluding hydrogens is 231 g/mol. The molecule has 1 atom stereocenters. The highest BCUT2D eigenvalue weighted by Gasteiger charge is 2.20. The molecule has 0 saturated carbocycles. The zero-order chi connectivity index (χ0) is 13.8. The van der Waals surface area contributed by atoms with Crippen LogP contribution in [0.5, 0.6) is 0 Å². The van der Waals surface area contributed by atoms with E-state index in [1.165, 1.54) is 6.20 Å². The van der Waals surface area contributed by atoms with Crippen LogP contribution in [0.1, 0.15) is 34.6 Å². The third-order valence-electron chi connectivity index (χ3n) is 3.13. The molecule has 1 heterocycles. The number of nitrogens with zero attached hydrogens (tertiary/aromatic N) is 2. The first-order valence-electron chi connectivity index (χ1n) is 6.35. The molecule has 0 amide bonds. The zero-order valence-corrected chi connectivity index (χ0v) is 11.8. The van der Waals surface area contributed by atoms with E-state index in [0.29, 0.717) is 25.0 Å². The third kappa shape index (κ3) is 4.13. The fourth-order valence-electron chi connectivity index (χ4n) is 1.29. The summed E-state index contributed by atoms with van der Waals surface area (Å²) in [6.07, 6.45) is 1.19. The van der Waals surface area contributed by atoms with Gasteiger partial charge in [0.1, 0.15) is 0 Å². The van der Waals surface area contributed by atoms with Crippen LogP contribution in [0.2, 0.25) is 0 Å². The predicted molar refractivity (Wildman–Crippen MR) is 73.3 cm³/mol. The first-order chi connectivity index (χ1) is 8.34. The maximum Gasteiger partial charge on any atom is 0.224 e. The van der Waals surface area contributed by atoms with Crippen molar-refractivity contribution >= 4 is 11.8 Å². The van der Waals surface area contributed by atoms with E-state index in [1.807, 2.05) is 6.92 Å². The molecular formula is C13H23FN4. The molecule has 5 heteroatoms. The van der Waals surface area contributed by atoms with Gasteiger partial charge in [0.2, 0.25) is 5.95 Å². The van der Waals surface area contributed by atoms with Crippen molar-refractivity contribution in [3.8, 4) is 0 Å². The molecule has 4 nitrogen and oxygen atoms in total. The van der Waals surface area contributed by atoms with E-state index in [1.54, 1.807) is 0 Å². The Labute approximate surface area is 108 Å². The second-order valence-electron chi connectivity index (χ2n) is 5.57. The van der Waals surface area contributed by atoms with Crippen LogP contribution in [0.3, 0.4) is 0 Å². The van der Waals surface area contributed by atoms with Crippen LogP contribution in [-0.2, 0) is 0 Å². The number of hydrogen-bond donors (Lipinski definition) is 2. The Bertz CT molecular complexity index is 387. The van der Waals surface area contributed by atoms with Gasteiger partial charge in [0, 0.05) is 13.1 Å². The van der Waals surface area contributed by atoms with Gasteiger partial charge in [-0.2, -0.15) is 4.98 Å². The van der Waals surface area contributed by atoms with E-state index in [9.17, 15) is 4.39 Å². The summed E-state index contributed by atoms with van der Waals surface area (Å²) in [6.45, 7) is 12.0. The maximum absolute atomic E-state index is 13.5. The smallest absolute Gasteiger partial charge is 0.224 e. The summed E-state index contributed by atoms with van der Waals surface area (Å²) in [7, 11) is 0. The Morgan fingerprint density at radius 3 is 2.56 bits per heavy atom. The SMILES string of the molecule is CCNc1ncc(F)c(NCC(C)C(C)(C)C)n1. The zero-order valence-electron chi connectivity index (χ0n) is 11.8. The number of anilines is 2. The van der Waals surface area contributed by atoms with E-state index in [0.717, 1.165) is 0 Å². The molecule has 0 saturated heterocycles. The highest BCUT2D eigenvalue weighted by atomic mass is 19.1. The molecule has 0 fully saturated rings. The van der Waals surface area contributed by atoms with Crippen molar-refractivity contribution in [2.24, 2.45) is 11.3 Å². The minimum Gasteiger partial charge on any atom is -0.367 e. The van der Waals surface area contributed by atoms with E-state index in [2.05, 4.69) is 48.3 Å². The summed E-state index contributed by atoms with van der Waals surface area (Å²) in [4.78, 5) is 7.98. The number of rotatable bonds is 5. The molecule has 0 spiro atoms. The number of nitrogens with one attached hydrogen (secondary N) is 2. The highest BCUT2D eigenvalue weighted by Crippen LogP contribution is 2.25. The molecule has 1 aromatic heterocycles. The molecule has 0 aliphatic rings. The minimum atomic E-state index is -0.419. The predicted octanol–water partition coefficient (Wildman–Crippen LogP) is 3.14. The van der Waals surface area contributed by atoms with Gasteiger partial charge >= 0.3 is 0 Å². The van der Waals surface area contributed by atoms with Gasteiger partial charge in [-0.3, -0.25) is 0 Å². The summed E-state index contributed by atoms with van der Waals surface area (Å²) >= 11 is 0. The lowest BCUT2D eigenvalue weighted by atomic mass is 9.82. The van der Waals surface area contributed by atoms with E-state index >= 15 is 0 Å². The molecule has 0 aliphatic carbocycles. The summed E-state index contributed by atoms with van der Waals surface area (Å²) < 4.78 is 13.5. The maximum atomic E-state index is 13.5. The van der Waals surface area contributed by atoms with Crippen molar-refractivity contribution in [1.82, 2.24) is 9.97 Å². The second kappa shape index (κ2) is 5.98. The molecule has 0 bridgehead atoms. The Balaban J connectivity index is 2.69. The minimum absolute atomic E-state index is 0.182. The third-order valence-corrected chi connectivity index (χ3v) is 3.13. The Morgan fingerprint density at radius 2 is 2.00 bits per heavy atom. The summed E-state index contributed by atoms with van der Waals surface area (Å²) in [5.74, 6) is 0.703. The number of hydrogen-bond acceptors (Lipinski definition) is 4. The molecule has 102 valence electrons. The average Bonchev–Trinajstić information content (AvgIpc) is 2.28. The monoisotopic (exact) mass is 254 g/mol. The first kappa shape index (κ1) is 14.7. The van der Waals surface area contributed by atoms with Crippen LogP contribution in [0.25, 0.3) is 0 Å². The molecule has 18 heavy (non-hydrogen) atoms. The molecule has 1 aromatic rings. The molecule has 0 radical (unpaired) electrons. The number of aromatic nitrogens is 2. The standard InChI is InChI=1S/C13H23FN4/c1-6-15-12-17-8-10(14)11(18-12)16-7-9(2)13(3,4)5/h8-9H,6-7H2,1-5H3,(H2,15,16,17,18). The van der Waals surface area contributed by atoms with Crippen molar-refractivity contribution in [3.63, 3.8) is 0 Å². The largest absolute Gasteiger partial charge is 0.367 e. The normalized spacial score (nSPS) is 13.2. The van der Waals surface area contributed by atoms with Gasteiger partial charge in [-0.15, -0.1) is 0 Å². The van der Waals surface area contributed by atoms with Gasteiger partial charge in [-0.05, 0) is 18.3 Å². The van der Waals surface area contributed by atoms with Crippen molar-refractivity contribution in [1.29, 1.82) is 0 Å². The molecule has 0 aromatic carbocycles. The Hall–Kier alpha value is -1.39. The lowest BCUT2D eigenvalue weighted by molar-refractivity contribution is 0.274. The first-order valence-corrected chi connectivity index (χ1v) is 6.35. The quantitative estimate of drug-likeness (QED) is 0.847. The van der Waals surface area contributed by atoms with E-state index in [4.69, 9.17) is 0 Å². The second-order valence-corrected chi connectivity index (χ2v) is 5.57. The van der Waals surface area contributed by atoms with Crippen LogP contribution in [0.4, 0.5) is 16.2 Å². The van der Waals surface area contributed by atoms with Crippen LogP contribution in [0.15, 0.2) is 6.20 Å². The van der Waals surface area contributed by atoms with Crippen molar-refractivity contribution in [2.75, 3.05) is 23.7 Å². The Morgan fingerprint density at radius 1 is 1.33 bits per heavy atom. The van der Waals surface area contributed by atoms with Crippen molar-refractivity contribution in [3.05, 3.63) is 12.0 Å². The molecule has 0 aliphatic heterocycles. The fraction of sp³-hybridized carbons (Fsp3) is 0.692. The average molecular weight is 254 g/mol. The molecule has 1 rings (SSSR count). The molecule has 2 N–H and O–H groups in total. The van der Waals surface area contributed by atoms with Gasteiger partial charge in [-0.25, -0.2) is 9.37 Å². The van der Waals surface area contributed by atoms with E-state index < -0.39 is 5.82 Å². The lowest BCUT2D eigenvalue weighted by Gasteiger charge is -2.27. The molecule has 1 unspecified atom stereocenters. The highest BCUT2D eigenvalue weighted by molar-refractivity contribution is 5.41. The van der Waals surface area contributed by atoms with E-state index in [-0.39, 0.29) is 11.2 Å². The van der Waals surface area contributed by atoms with Crippen LogP contribution < -0.4 is 10.6 Å². The Kier molecular flexibility index (Phi) is 4.87. The number of halogens is 1. The van der Waals surface area contributed by atoms with Gasteiger partial charge < -0.3 is 10.6 Å². The van der Waals surface area contributed by atoms with Gasteiger partial charge in [0.05, 0.1) is 6.20 Å².